The summed E-state index contributed by atoms with van der Waals surface area (Å²) in [7, 11) is 0. The van der Waals surface area contributed by atoms with Crippen LogP contribution in [0.3, 0.4) is 0 Å². The van der Waals surface area contributed by atoms with Crippen LogP contribution in [-0.4, -0.2) is 27.2 Å². The van der Waals surface area contributed by atoms with Gasteiger partial charge >= 0.3 is 23.1 Å². The van der Waals surface area contributed by atoms with Gasteiger partial charge in [0.2, 0.25) is 0 Å². The van der Waals surface area contributed by atoms with Gasteiger partial charge < -0.3 is 0 Å². The summed E-state index contributed by atoms with van der Waals surface area (Å²) < 4.78 is 110. The molecule has 2 aromatic carbocycles. The van der Waals surface area contributed by atoms with Crippen LogP contribution in [0.25, 0.3) is 22.6 Å². The molecular weight excluding hydrogens is 456 g/mol. The molecule has 0 aliphatic carbocycles. The van der Waals surface area contributed by atoms with Crippen LogP contribution in [0.2, 0.25) is 0 Å². The predicted octanol–water partition coefficient (Wildman–Crippen LogP) is 7.00. The highest BCUT2D eigenvalue weighted by atomic mass is 35.5. The molecule has 1 aromatic heterocycles. The maximum atomic E-state index is 14.6. The molecule has 0 aliphatic heterocycles. The number of rotatable bonds is 6. The van der Waals surface area contributed by atoms with Crippen LogP contribution in [0.1, 0.15) is 5.69 Å². The molecule has 0 amide bonds. The maximum Gasteiger partial charge on any atom is 0.393 e. The molecule has 11 heteroatoms. The van der Waals surface area contributed by atoms with Gasteiger partial charge in [0, 0.05) is 11.1 Å². The van der Waals surface area contributed by atoms with E-state index >= 15 is 0 Å². The van der Waals surface area contributed by atoms with Gasteiger partial charge in [-0.3, -0.25) is 0 Å². The molecule has 31 heavy (non-hydrogen) atoms. The highest BCUT2D eigenvalue weighted by Crippen LogP contribution is 2.57. The Morgan fingerprint density at radius 3 is 1.58 bits per heavy atom. The lowest BCUT2D eigenvalue weighted by Gasteiger charge is -2.34. The first kappa shape index (κ1) is 22.9. The summed E-state index contributed by atoms with van der Waals surface area (Å²) in [6.07, 6.45) is 0. The molecule has 3 aromatic rings. The van der Waals surface area contributed by atoms with Crippen molar-refractivity contribution in [2.24, 2.45) is 0 Å². The molecule has 1 heterocycles. The monoisotopic (exact) mass is 466 g/mol. The zero-order valence-electron chi connectivity index (χ0n) is 15.1. The summed E-state index contributed by atoms with van der Waals surface area (Å²) in [6.45, 7) is 0. The Morgan fingerprint density at radius 2 is 1.10 bits per heavy atom. The second-order valence-electron chi connectivity index (χ2n) is 6.42. The summed E-state index contributed by atoms with van der Waals surface area (Å²) in [6, 6.07) is 15.0. The van der Waals surface area contributed by atoms with E-state index in [9.17, 15) is 35.1 Å². The van der Waals surface area contributed by atoms with Gasteiger partial charge in [-0.25, -0.2) is 9.97 Å². The van der Waals surface area contributed by atoms with Crippen molar-refractivity contribution >= 4 is 11.6 Å². The topological polar surface area (TPSA) is 25.8 Å². The van der Waals surface area contributed by atoms with Crippen LogP contribution < -0.4 is 0 Å². The van der Waals surface area contributed by atoms with Crippen molar-refractivity contribution < 1.29 is 35.1 Å². The Hall–Kier alpha value is -2.75. The highest BCUT2D eigenvalue weighted by molar-refractivity contribution is 6.22. The second kappa shape index (κ2) is 7.74. The number of aromatic nitrogens is 2. The zero-order chi connectivity index (χ0) is 23.1. The summed E-state index contributed by atoms with van der Waals surface area (Å²) in [5.74, 6) is -19.5. The number of hydrogen-bond donors (Lipinski definition) is 0. The molecule has 0 saturated heterocycles. The third kappa shape index (κ3) is 3.96. The fraction of sp³-hybridized carbons (Fsp3) is 0.200. The van der Waals surface area contributed by atoms with E-state index in [2.05, 4.69) is 21.6 Å². The van der Waals surface area contributed by atoms with Gasteiger partial charge in [0.1, 0.15) is 5.69 Å². The van der Waals surface area contributed by atoms with E-state index in [1.165, 1.54) is 48.5 Å². The fourth-order valence-corrected chi connectivity index (χ4v) is 2.74. The molecule has 0 atom stereocenters. The third-order valence-corrected chi connectivity index (χ3v) is 4.53. The summed E-state index contributed by atoms with van der Waals surface area (Å²) in [5, 5.41) is -5.95. The number of hydrogen-bond acceptors (Lipinski definition) is 2. The fourth-order valence-electron chi connectivity index (χ4n) is 2.62. The molecule has 0 unspecified atom stereocenters. The van der Waals surface area contributed by atoms with Crippen LogP contribution in [0.4, 0.5) is 35.1 Å². The molecule has 0 radical (unpaired) electrons. The number of alkyl halides is 9. The van der Waals surface area contributed by atoms with Gasteiger partial charge in [-0.05, 0) is 17.7 Å². The lowest BCUT2D eigenvalue weighted by molar-refractivity contribution is -0.353. The molecular formula is C20H11ClF8N2. The van der Waals surface area contributed by atoms with E-state index in [1.54, 1.807) is 12.1 Å². The predicted molar refractivity (Wildman–Crippen MR) is 97.5 cm³/mol. The highest BCUT2D eigenvalue weighted by Gasteiger charge is 2.81. The summed E-state index contributed by atoms with van der Waals surface area (Å²) in [5.41, 5.74) is -1.89. The number of nitrogens with zero attached hydrogens (tertiary/aromatic N) is 2. The lowest BCUT2D eigenvalue weighted by atomic mass is 9.99. The van der Waals surface area contributed by atoms with Gasteiger partial charge in [0.25, 0.3) is 0 Å². The van der Waals surface area contributed by atoms with Gasteiger partial charge in [0.05, 0.1) is 5.69 Å². The molecule has 3 rings (SSSR count). The second-order valence-corrected chi connectivity index (χ2v) is 6.89. The standard InChI is InChI=1S/C20H11ClF8N2/c21-20(28,29)19(26,27)18(24,25)17(22,23)15-11-14(12-7-3-1-4-8-12)30-16(31-15)13-9-5-2-6-10-13/h1-11H. The first-order valence-corrected chi connectivity index (χ1v) is 8.87. The van der Waals surface area contributed by atoms with Crippen molar-refractivity contribution in [2.45, 2.75) is 23.1 Å². The average molecular weight is 467 g/mol. The molecule has 0 N–H and O–H groups in total. The van der Waals surface area contributed by atoms with Crippen LogP contribution in [-0.2, 0) is 5.92 Å². The van der Waals surface area contributed by atoms with E-state index in [-0.39, 0.29) is 16.8 Å². The van der Waals surface area contributed by atoms with Crippen molar-refractivity contribution in [3.8, 4) is 22.6 Å². The minimum Gasteiger partial charge on any atom is -0.228 e. The number of benzene rings is 2. The minimum atomic E-state index is -6.59. The van der Waals surface area contributed by atoms with Crippen molar-refractivity contribution in [3.63, 3.8) is 0 Å². The minimum absolute atomic E-state index is 0.107. The van der Waals surface area contributed by atoms with E-state index < -0.39 is 34.7 Å². The quantitative estimate of drug-likeness (QED) is 0.288. The molecule has 0 aliphatic rings. The largest absolute Gasteiger partial charge is 0.393 e. The van der Waals surface area contributed by atoms with Crippen molar-refractivity contribution in [1.29, 1.82) is 0 Å². The van der Waals surface area contributed by atoms with E-state index in [0.717, 1.165) is 0 Å². The Balaban J connectivity index is 2.24. The SMILES string of the molecule is FC(F)(Cl)C(F)(F)C(F)(F)C(F)(F)c1cc(-c2ccccc2)nc(-c2ccccc2)n1. The molecule has 0 bridgehead atoms. The van der Waals surface area contributed by atoms with Gasteiger partial charge in [-0.1, -0.05) is 60.7 Å². The van der Waals surface area contributed by atoms with E-state index in [1.807, 2.05) is 0 Å². The van der Waals surface area contributed by atoms with E-state index in [0.29, 0.717) is 6.07 Å². The summed E-state index contributed by atoms with van der Waals surface area (Å²) in [4.78, 5) is 7.33. The van der Waals surface area contributed by atoms with Gasteiger partial charge in [-0.2, -0.15) is 35.1 Å². The smallest absolute Gasteiger partial charge is 0.228 e. The zero-order valence-corrected chi connectivity index (χ0v) is 15.9. The van der Waals surface area contributed by atoms with Crippen molar-refractivity contribution in [1.82, 2.24) is 9.97 Å². The van der Waals surface area contributed by atoms with Crippen LogP contribution in [0.15, 0.2) is 66.7 Å². The Kier molecular flexibility index (Phi) is 5.72. The lowest BCUT2D eigenvalue weighted by Crippen LogP contribution is -2.59. The van der Waals surface area contributed by atoms with Crippen LogP contribution in [0.5, 0.6) is 0 Å². The van der Waals surface area contributed by atoms with Gasteiger partial charge in [0.15, 0.2) is 5.82 Å². The molecule has 2 nitrogen and oxygen atoms in total. The van der Waals surface area contributed by atoms with E-state index in [4.69, 9.17) is 0 Å². The normalized spacial score (nSPS) is 13.3. The van der Waals surface area contributed by atoms with Crippen LogP contribution >= 0.6 is 11.6 Å². The maximum absolute atomic E-state index is 14.6. The van der Waals surface area contributed by atoms with Crippen LogP contribution in [0, 0.1) is 0 Å². The van der Waals surface area contributed by atoms with Crippen molar-refractivity contribution in [2.75, 3.05) is 0 Å². The molecule has 0 spiro atoms. The third-order valence-electron chi connectivity index (χ3n) is 4.29. The van der Waals surface area contributed by atoms with Crippen molar-refractivity contribution in [3.05, 3.63) is 72.4 Å². The van der Waals surface area contributed by atoms with Gasteiger partial charge in [-0.15, -0.1) is 0 Å². The first-order valence-electron chi connectivity index (χ1n) is 8.49. The Morgan fingerprint density at radius 1 is 0.613 bits per heavy atom. The molecule has 0 fully saturated rings. The summed E-state index contributed by atoms with van der Waals surface area (Å²) >= 11 is 4.03. The number of halogens is 9. The Bertz CT molecular complexity index is 996. The first-order chi connectivity index (χ1) is 14.3. The molecule has 164 valence electrons. The molecule has 0 saturated carbocycles. The average Bonchev–Trinajstić information content (AvgIpc) is 2.73. The Labute approximate surface area is 175 Å².